The van der Waals surface area contributed by atoms with Crippen molar-refractivity contribution in [1.82, 2.24) is 4.98 Å². The maximum absolute atomic E-state index is 9.74. The lowest BCUT2D eigenvalue weighted by Gasteiger charge is -1.97. The second-order valence-corrected chi connectivity index (χ2v) is 2.53. The van der Waals surface area contributed by atoms with Gasteiger partial charge < -0.3 is 0 Å². The molecule has 0 saturated heterocycles. The Labute approximate surface area is 75.1 Å². The standard InChI is InChI=1S/C8H7ClN2O/c9-8-7(2-1-4-11-8)3-5-10-6-12/h1-2,4H,3,5H2. The lowest BCUT2D eigenvalue weighted by Crippen LogP contribution is -1.91. The largest absolute Gasteiger partial charge is 0.244 e. The van der Waals surface area contributed by atoms with E-state index in [1.807, 2.05) is 6.07 Å². The summed E-state index contributed by atoms with van der Waals surface area (Å²) >= 11 is 5.75. The fourth-order valence-electron chi connectivity index (χ4n) is 0.828. The van der Waals surface area contributed by atoms with Crippen LogP contribution in [0.4, 0.5) is 0 Å². The number of halogens is 1. The molecule has 0 unspecified atom stereocenters. The Hall–Kier alpha value is -1.18. The number of pyridine rings is 1. The summed E-state index contributed by atoms with van der Waals surface area (Å²) in [6.07, 6.45) is 3.72. The van der Waals surface area contributed by atoms with Crippen molar-refractivity contribution in [3.05, 3.63) is 29.0 Å². The molecule has 4 heteroatoms. The Morgan fingerprint density at radius 1 is 1.67 bits per heavy atom. The van der Waals surface area contributed by atoms with E-state index >= 15 is 0 Å². The first-order chi connectivity index (χ1) is 5.84. The quantitative estimate of drug-likeness (QED) is 0.405. The zero-order chi connectivity index (χ0) is 8.81. The first-order valence-electron chi connectivity index (χ1n) is 3.47. The van der Waals surface area contributed by atoms with Gasteiger partial charge in [-0.15, -0.1) is 0 Å². The molecule has 0 amide bonds. The maximum atomic E-state index is 9.74. The predicted octanol–water partition coefficient (Wildman–Crippen LogP) is 1.61. The van der Waals surface area contributed by atoms with Crippen molar-refractivity contribution in [3.63, 3.8) is 0 Å². The van der Waals surface area contributed by atoms with Gasteiger partial charge in [0.15, 0.2) is 0 Å². The van der Waals surface area contributed by atoms with E-state index in [0.29, 0.717) is 18.1 Å². The summed E-state index contributed by atoms with van der Waals surface area (Å²) in [5.41, 5.74) is 0.901. The summed E-state index contributed by atoms with van der Waals surface area (Å²) in [6.45, 7) is 0.412. The summed E-state index contributed by atoms with van der Waals surface area (Å²) in [5.74, 6) is 0. The molecule has 1 rings (SSSR count). The lowest BCUT2D eigenvalue weighted by molar-refractivity contribution is 0.563. The minimum Gasteiger partial charge on any atom is -0.244 e. The lowest BCUT2D eigenvalue weighted by atomic mass is 10.2. The topological polar surface area (TPSA) is 42.3 Å². The minimum absolute atomic E-state index is 0.412. The molecule has 1 heterocycles. The fraction of sp³-hybridized carbons (Fsp3) is 0.250. The van der Waals surface area contributed by atoms with Crippen molar-refractivity contribution in [2.75, 3.05) is 6.54 Å². The number of hydrogen-bond donors (Lipinski definition) is 0. The highest BCUT2D eigenvalue weighted by Gasteiger charge is 1.97. The summed E-state index contributed by atoms with van der Waals surface area (Å²) in [6, 6.07) is 3.65. The number of aromatic nitrogens is 1. The average Bonchev–Trinajstić information content (AvgIpc) is 2.09. The van der Waals surface area contributed by atoms with Crippen LogP contribution >= 0.6 is 11.6 Å². The molecule has 0 spiro atoms. The van der Waals surface area contributed by atoms with Gasteiger partial charge >= 0.3 is 0 Å². The third-order valence-electron chi connectivity index (χ3n) is 1.39. The van der Waals surface area contributed by atoms with Gasteiger partial charge in [0.05, 0.1) is 6.54 Å². The number of rotatable bonds is 3. The smallest absolute Gasteiger partial charge is 0.234 e. The van der Waals surface area contributed by atoms with Crippen molar-refractivity contribution in [1.29, 1.82) is 0 Å². The number of aliphatic imine (C=N–C) groups is 1. The molecule has 0 atom stereocenters. The van der Waals surface area contributed by atoms with Gasteiger partial charge in [0.1, 0.15) is 5.15 Å². The van der Waals surface area contributed by atoms with Crippen LogP contribution in [0.15, 0.2) is 23.3 Å². The molecule has 3 nitrogen and oxygen atoms in total. The molecule has 0 aromatic carbocycles. The minimum atomic E-state index is 0.412. The van der Waals surface area contributed by atoms with Crippen LogP contribution in [0.1, 0.15) is 5.56 Å². The van der Waals surface area contributed by atoms with E-state index in [1.165, 1.54) is 6.08 Å². The number of nitrogens with zero attached hydrogens (tertiary/aromatic N) is 2. The van der Waals surface area contributed by atoms with Gasteiger partial charge in [0.25, 0.3) is 0 Å². The van der Waals surface area contributed by atoms with Crippen LogP contribution in [0.3, 0.4) is 0 Å². The van der Waals surface area contributed by atoms with Crippen molar-refractivity contribution >= 4 is 17.7 Å². The van der Waals surface area contributed by atoms with Gasteiger partial charge in [-0.2, -0.15) is 0 Å². The number of carbonyl (C=O) groups excluding carboxylic acids is 1. The van der Waals surface area contributed by atoms with Crippen LogP contribution in [0, 0.1) is 0 Å². The summed E-state index contributed by atoms with van der Waals surface area (Å²) in [5, 5.41) is 0.471. The van der Waals surface area contributed by atoms with E-state index in [-0.39, 0.29) is 0 Å². The van der Waals surface area contributed by atoms with Gasteiger partial charge in [-0.1, -0.05) is 17.7 Å². The van der Waals surface area contributed by atoms with Crippen LogP contribution in [0.5, 0.6) is 0 Å². The fourth-order valence-corrected chi connectivity index (χ4v) is 1.04. The molecule has 12 heavy (non-hydrogen) atoms. The van der Waals surface area contributed by atoms with Gasteiger partial charge in [0.2, 0.25) is 6.08 Å². The van der Waals surface area contributed by atoms with Crippen molar-refractivity contribution in [2.24, 2.45) is 4.99 Å². The number of hydrogen-bond acceptors (Lipinski definition) is 3. The first-order valence-corrected chi connectivity index (χ1v) is 3.85. The normalized spacial score (nSPS) is 9.08. The summed E-state index contributed by atoms with van der Waals surface area (Å²) in [4.78, 5) is 17.0. The second-order valence-electron chi connectivity index (χ2n) is 2.18. The molecule has 0 aliphatic carbocycles. The maximum Gasteiger partial charge on any atom is 0.234 e. The first kappa shape index (κ1) is 8.91. The van der Waals surface area contributed by atoms with Crippen molar-refractivity contribution in [2.45, 2.75) is 6.42 Å². The molecular formula is C8H7ClN2O. The predicted molar refractivity (Wildman–Crippen MR) is 45.9 cm³/mol. The highest BCUT2D eigenvalue weighted by Crippen LogP contribution is 2.11. The third-order valence-corrected chi connectivity index (χ3v) is 1.73. The van der Waals surface area contributed by atoms with Crippen LogP contribution in [0.2, 0.25) is 5.15 Å². The van der Waals surface area contributed by atoms with Crippen LogP contribution < -0.4 is 0 Å². The Kier molecular flexibility index (Phi) is 3.45. The zero-order valence-corrected chi connectivity index (χ0v) is 7.08. The van der Waals surface area contributed by atoms with E-state index in [1.54, 1.807) is 12.3 Å². The van der Waals surface area contributed by atoms with E-state index in [2.05, 4.69) is 9.98 Å². The highest BCUT2D eigenvalue weighted by molar-refractivity contribution is 6.30. The third kappa shape index (κ3) is 2.46. The molecule has 62 valence electrons. The average molecular weight is 183 g/mol. The molecule has 0 aliphatic heterocycles. The van der Waals surface area contributed by atoms with Crippen LogP contribution in [-0.4, -0.2) is 17.6 Å². The van der Waals surface area contributed by atoms with Crippen molar-refractivity contribution < 1.29 is 4.79 Å². The molecule has 0 saturated carbocycles. The van der Waals surface area contributed by atoms with E-state index in [0.717, 1.165) is 5.56 Å². The Bertz CT molecular complexity index is 308. The van der Waals surface area contributed by atoms with Crippen LogP contribution in [0.25, 0.3) is 0 Å². The number of isocyanates is 1. The SMILES string of the molecule is O=C=NCCc1cccnc1Cl. The van der Waals surface area contributed by atoms with E-state index in [9.17, 15) is 4.79 Å². The molecule has 0 bridgehead atoms. The molecule has 0 radical (unpaired) electrons. The second kappa shape index (κ2) is 4.65. The zero-order valence-electron chi connectivity index (χ0n) is 6.33. The Balaban J connectivity index is 2.62. The molecule has 0 fully saturated rings. The molecule has 0 aliphatic rings. The summed E-state index contributed by atoms with van der Waals surface area (Å²) < 4.78 is 0. The van der Waals surface area contributed by atoms with Gasteiger partial charge in [-0.3, -0.25) is 0 Å². The van der Waals surface area contributed by atoms with Gasteiger partial charge in [-0.05, 0) is 18.1 Å². The Morgan fingerprint density at radius 2 is 2.50 bits per heavy atom. The molecule has 1 aromatic heterocycles. The van der Waals surface area contributed by atoms with E-state index in [4.69, 9.17) is 11.6 Å². The molecule has 1 aromatic rings. The van der Waals surface area contributed by atoms with E-state index < -0.39 is 0 Å². The van der Waals surface area contributed by atoms with Crippen molar-refractivity contribution in [3.8, 4) is 0 Å². The van der Waals surface area contributed by atoms with Gasteiger partial charge in [-0.25, -0.2) is 14.8 Å². The molecule has 0 N–H and O–H groups in total. The highest BCUT2D eigenvalue weighted by atomic mass is 35.5. The Morgan fingerprint density at radius 3 is 3.17 bits per heavy atom. The van der Waals surface area contributed by atoms with Gasteiger partial charge in [0, 0.05) is 6.20 Å². The molecular weight excluding hydrogens is 176 g/mol. The summed E-state index contributed by atoms with van der Waals surface area (Å²) in [7, 11) is 0. The monoisotopic (exact) mass is 182 g/mol. The van der Waals surface area contributed by atoms with Crippen LogP contribution in [-0.2, 0) is 11.2 Å².